The van der Waals surface area contributed by atoms with Gasteiger partial charge in [-0.3, -0.25) is 9.69 Å². The molecule has 0 spiro atoms. The number of phenols is 1. The van der Waals surface area contributed by atoms with Crippen molar-refractivity contribution in [3.05, 3.63) is 66.2 Å². The Morgan fingerprint density at radius 1 is 1.08 bits per heavy atom. The highest BCUT2D eigenvalue weighted by molar-refractivity contribution is 5.86. The van der Waals surface area contributed by atoms with Crippen molar-refractivity contribution in [3.63, 3.8) is 0 Å². The molecule has 0 bridgehead atoms. The van der Waals surface area contributed by atoms with E-state index in [4.69, 9.17) is 9.72 Å². The number of ether oxygens (including phenoxy) is 1. The average molecular weight is 512 g/mol. The zero-order valence-corrected chi connectivity index (χ0v) is 21.5. The van der Waals surface area contributed by atoms with Gasteiger partial charge in [0.15, 0.2) is 0 Å². The van der Waals surface area contributed by atoms with Gasteiger partial charge in [-0.15, -0.1) is 0 Å². The summed E-state index contributed by atoms with van der Waals surface area (Å²) in [5.74, 6) is 0.883. The van der Waals surface area contributed by atoms with Crippen LogP contribution in [0.4, 0.5) is 5.82 Å². The molecular weight excluding hydrogens is 478 g/mol. The number of nitrogens with one attached hydrogen (secondary N) is 1. The molecule has 5 rings (SSSR count). The maximum absolute atomic E-state index is 13.2. The standard InChI is InChI=1S/C30H33N5O3/c31-21-22-8-10-23(11-9-22)24-19-26(25-5-1-2-7-28(25)36)33-29(20-24)35-14-3-6-27(35)30(37)32-12-4-13-34-15-17-38-18-16-34/h1-2,5,7-11,19-20,27,36H,3-4,6,12-18H2,(H,32,37)/t27-/m0/s1. The molecule has 0 saturated carbocycles. The molecule has 2 aromatic carbocycles. The molecule has 1 aromatic heterocycles. The van der Waals surface area contributed by atoms with Gasteiger partial charge in [0.05, 0.1) is 30.5 Å². The van der Waals surface area contributed by atoms with Crippen LogP contribution < -0.4 is 10.2 Å². The van der Waals surface area contributed by atoms with E-state index in [9.17, 15) is 15.2 Å². The SMILES string of the molecule is N#Cc1ccc(-c2cc(-c3ccccc3O)nc(N3CCC[C@H]3C(=O)NCCCN3CCOCC3)c2)cc1. The number of rotatable bonds is 8. The van der Waals surface area contributed by atoms with Crippen LogP contribution in [0.1, 0.15) is 24.8 Å². The second kappa shape index (κ2) is 12.1. The molecular formula is C30H33N5O3. The minimum absolute atomic E-state index is 0.0270. The first-order valence-corrected chi connectivity index (χ1v) is 13.3. The van der Waals surface area contributed by atoms with E-state index in [0.717, 1.165) is 69.8 Å². The Labute approximate surface area is 223 Å². The second-order valence-corrected chi connectivity index (χ2v) is 9.76. The number of nitrogens with zero attached hydrogens (tertiary/aromatic N) is 4. The first-order valence-electron chi connectivity index (χ1n) is 13.3. The van der Waals surface area contributed by atoms with Gasteiger partial charge in [-0.2, -0.15) is 5.26 Å². The van der Waals surface area contributed by atoms with Gasteiger partial charge in [0.2, 0.25) is 5.91 Å². The Morgan fingerprint density at radius 3 is 2.63 bits per heavy atom. The summed E-state index contributed by atoms with van der Waals surface area (Å²) in [5.41, 5.74) is 3.71. The van der Waals surface area contributed by atoms with Gasteiger partial charge in [-0.25, -0.2) is 4.98 Å². The lowest BCUT2D eigenvalue weighted by atomic mass is 10.0. The zero-order valence-electron chi connectivity index (χ0n) is 21.5. The summed E-state index contributed by atoms with van der Waals surface area (Å²) < 4.78 is 5.41. The minimum Gasteiger partial charge on any atom is -0.507 e. The molecule has 3 aromatic rings. The summed E-state index contributed by atoms with van der Waals surface area (Å²) in [4.78, 5) is 22.6. The van der Waals surface area contributed by atoms with Crippen LogP contribution in [0.5, 0.6) is 5.75 Å². The summed E-state index contributed by atoms with van der Waals surface area (Å²) in [7, 11) is 0. The fraction of sp³-hybridized carbons (Fsp3) is 0.367. The largest absolute Gasteiger partial charge is 0.507 e. The first kappa shape index (κ1) is 25.7. The van der Waals surface area contributed by atoms with Crippen molar-refractivity contribution in [3.8, 4) is 34.2 Å². The van der Waals surface area contributed by atoms with Crippen molar-refractivity contribution in [1.82, 2.24) is 15.2 Å². The lowest BCUT2D eigenvalue weighted by molar-refractivity contribution is -0.122. The van der Waals surface area contributed by atoms with Crippen molar-refractivity contribution in [1.29, 1.82) is 5.26 Å². The van der Waals surface area contributed by atoms with Gasteiger partial charge < -0.3 is 20.1 Å². The first-order chi connectivity index (χ1) is 18.6. The van der Waals surface area contributed by atoms with Crippen LogP contribution in [0.2, 0.25) is 0 Å². The minimum atomic E-state index is -0.292. The predicted octanol–water partition coefficient (Wildman–Crippen LogP) is 3.80. The van der Waals surface area contributed by atoms with Gasteiger partial charge in [-0.05, 0) is 73.3 Å². The third-order valence-corrected chi connectivity index (χ3v) is 7.24. The molecule has 0 radical (unpaired) electrons. The maximum atomic E-state index is 13.2. The number of morpholine rings is 1. The van der Waals surface area contributed by atoms with Gasteiger partial charge >= 0.3 is 0 Å². The molecule has 2 aliphatic heterocycles. The Balaban J connectivity index is 1.37. The van der Waals surface area contributed by atoms with Crippen molar-refractivity contribution >= 4 is 11.7 Å². The summed E-state index contributed by atoms with van der Waals surface area (Å²) in [5, 5.41) is 22.9. The number of hydrogen-bond acceptors (Lipinski definition) is 7. The van der Waals surface area contributed by atoms with Crippen molar-refractivity contribution in [2.24, 2.45) is 0 Å². The lowest BCUT2D eigenvalue weighted by Gasteiger charge is -2.27. The highest BCUT2D eigenvalue weighted by atomic mass is 16.5. The Bertz CT molecular complexity index is 1300. The lowest BCUT2D eigenvalue weighted by Crippen LogP contribution is -2.44. The molecule has 2 N–H and O–H groups in total. The number of para-hydroxylation sites is 1. The van der Waals surface area contributed by atoms with E-state index >= 15 is 0 Å². The fourth-order valence-electron chi connectivity index (χ4n) is 5.17. The van der Waals surface area contributed by atoms with Gasteiger partial charge in [0.25, 0.3) is 0 Å². The zero-order chi connectivity index (χ0) is 26.3. The van der Waals surface area contributed by atoms with E-state index in [1.54, 1.807) is 24.3 Å². The van der Waals surface area contributed by atoms with Gasteiger partial charge in [-0.1, -0.05) is 24.3 Å². The predicted molar refractivity (Wildman–Crippen MR) is 147 cm³/mol. The van der Waals surface area contributed by atoms with E-state index in [-0.39, 0.29) is 17.7 Å². The average Bonchev–Trinajstić information content (AvgIpc) is 3.46. The number of carbonyl (C=O) groups is 1. The number of benzene rings is 2. The number of amides is 1. The normalized spacial score (nSPS) is 17.8. The molecule has 3 heterocycles. The number of nitriles is 1. The van der Waals surface area contributed by atoms with Crippen LogP contribution >= 0.6 is 0 Å². The summed E-state index contributed by atoms with van der Waals surface area (Å²) in [6.07, 6.45) is 2.58. The van der Waals surface area contributed by atoms with Crippen LogP contribution in [0, 0.1) is 11.3 Å². The molecule has 0 unspecified atom stereocenters. The second-order valence-electron chi connectivity index (χ2n) is 9.76. The number of carbonyl (C=O) groups excluding carboxylic acids is 1. The van der Waals surface area contributed by atoms with E-state index < -0.39 is 0 Å². The third-order valence-electron chi connectivity index (χ3n) is 7.24. The van der Waals surface area contributed by atoms with E-state index in [1.165, 1.54) is 0 Å². The molecule has 196 valence electrons. The number of phenolic OH excluding ortho intramolecular Hbond substituents is 1. The molecule has 1 atom stereocenters. The molecule has 2 aliphatic rings. The number of aromatic nitrogens is 1. The summed E-state index contributed by atoms with van der Waals surface area (Å²) in [6, 6.07) is 20.3. The topological polar surface area (TPSA) is 102 Å². The third kappa shape index (κ3) is 5.96. The summed E-state index contributed by atoms with van der Waals surface area (Å²) >= 11 is 0. The number of hydrogen-bond donors (Lipinski definition) is 2. The highest BCUT2D eigenvalue weighted by Crippen LogP contribution is 2.35. The van der Waals surface area contributed by atoms with Crippen LogP contribution in [0.3, 0.4) is 0 Å². The molecule has 2 fully saturated rings. The van der Waals surface area contributed by atoms with Crippen molar-refractivity contribution < 1.29 is 14.6 Å². The quantitative estimate of drug-likeness (QED) is 0.444. The van der Waals surface area contributed by atoms with Crippen LogP contribution in [0.25, 0.3) is 22.4 Å². The van der Waals surface area contributed by atoms with E-state index in [0.29, 0.717) is 29.2 Å². The summed E-state index contributed by atoms with van der Waals surface area (Å²) in [6.45, 7) is 5.78. The smallest absolute Gasteiger partial charge is 0.242 e. The molecule has 38 heavy (non-hydrogen) atoms. The fourth-order valence-corrected chi connectivity index (χ4v) is 5.17. The van der Waals surface area contributed by atoms with E-state index in [2.05, 4.69) is 21.2 Å². The van der Waals surface area contributed by atoms with Crippen LogP contribution in [-0.4, -0.2) is 72.9 Å². The van der Waals surface area contributed by atoms with E-state index in [1.807, 2.05) is 36.4 Å². The molecule has 1 amide bonds. The van der Waals surface area contributed by atoms with Crippen molar-refractivity contribution in [2.45, 2.75) is 25.3 Å². The highest BCUT2D eigenvalue weighted by Gasteiger charge is 2.32. The number of anilines is 1. The molecule has 8 heteroatoms. The Hall–Kier alpha value is -3.93. The Kier molecular flexibility index (Phi) is 8.17. The number of pyridine rings is 1. The van der Waals surface area contributed by atoms with Crippen LogP contribution in [0.15, 0.2) is 60.7 Å². The monoisotopic (exact) mass is 511 g/mol. The molecule has 0 aliphatic carbocycles. The number of aromatic hydroxyl groups is 1. The Morgan fingerprint density at radius 2 is 1.87 bits per heavy atom. The molecule has 2 saturated heterocycles. The molecule has 8 nitrogen and oxygen atoms in total. The van der Waals surface area contributed by atoms with Crippen molar-refractivity contribution in [2.75, 3.05) is 50.8 Å². The van der Waals surface area contributed by atoms with Gasteiger partial charge in [0, 0.05) is 31.7 Å². The van der Waals surface area contributed by atoms with Gasteiger partial charge in [0.1, 0.15) is 17.6 Å². The maximum Gasteiger partial charge on any atom is 0.242 e. The van der Waals surface area contributed by atoms with Crippen LogP contribution in [-0.2, 0) is 9.53 Å².